The first-order valence-electron chi connectivity index (χ1n) is 5.92. The maximum absolute atomic E-state index is 14.3. The van der Waals surface area contributed by atoms with Crippen molar-refractivity contribution in [1.82, 2.24) is 9.97 Å². The van der Waals surface area contributed by atoms with Crippen molar-refractivity contribution in [3.05, 3.63) is 47.2 Å². The number of benzene rings is 2. The van der Waals surface area contributed by atoms with Gasteiger partial charge in [-0.05, 0) is 18.2 Å². The molecule has 0 saturated carbocycles. The summed E-state index contributed by atoms with van der Waals surface area (Å²) in [5.74, 6) is -1.29. The predicted octanol–water partition coefficient (Wildman–Crippen LogP) is 3.39. The van der Waals surface area contributed by atoms with Crippen LogP contribution in [0.15, 0.2) is 30.6 Å². The minimum absolute atomic E-state index is 0.0690. The molecule has 106 valence electrons. The van der Waals surface area contributed by atoms with E-state index in [0.717, 1.165) is 0 Å². The lowest BCUT2D eigenvalue weighted by molar-refractivity contribution is 0.632. The number of anilines is 2. The number of nitrogen functional groups attached to an aromatic ring is 2. The van der Waals surface area contributed by atoms with Crippen molar-refractivity contribution in [2.24, 2.45) is 0 Å². The van der Waals surface area contributed by atoms with Crippen molar-refractivity contribution in [3.8, 4) is 11.3 Å². The van der Waals surface area contributed by atoms with Gasteiger partial charge in [-0.25, -0.2) is 18.7 Å². The van der Waals surface area contributed by atoms with E-state index >= 15 is 0 Å². The Morgan fingerprint density at radius 1 is 1.00 bits per heavy atom. The highest BCUT2D eigenvalue weighted by Gasteiger charge is 2.16. The minimum atomic E-state index is -0.695. The molecule has 3 rings (SSSR count). The Kier molecular flexibility index (Phi) is 3.10. The summed E-state index contributed by atoms with van der Waals surface area (Å²) in [7, 11) is 0. The lowest BCUT2D eigenvalue weighted by atomic mass is 10.0. The highest BCUT2D eigenvalue weighted by molar-refractivity contribution is 6.33. The molecule has 0 aliphatic carbocycles. The molecule has 1 heterocycles. The number of hydrogen-bond donors (Lipinski definition) is 2. The fourth-order valence-corrected chi connectivity index (χ4v) is 2.22. The Morgan fingerprint density at radius 3 is 2.52 bits per heavy atom. The van der Waals surface area contributed by atoms with Crippen LogP contribution in [-0.4, -0.2) is 9.97 Å². The number of hydrogen-bond acceptors (Lipinski definition) is 4. The molecule has 0 spiro atoms. The number of halogens is 3. The monoisotopic (exact) mass is 306 g/mol. The van der Waals surface area contributed by atoms with Gasteiger partial charge in [0.15, 0.2) is 5.82 Å². The molecule has 0 radical (unpaired) electrons. The van der Waals surface area contributed by atoms with E-state index in [1.165, 1.54) is 30.6 Å². The summed E-state index contributed by atoms with van der Waals surface area (Å²) in [4.78, 5) is 8.00. The number of fused-ring (bicyclic) bond motifs is 1. The lowest BCUT2D eigenvalue weighted by Crippen LogP contribution is -1.97. The molecule has 0 amide bonds. The van der Waals surface area contributed by atoms with Gasteiger partial charge in [-0.15, -0.1) is 0 Å². The molecule has 0 aliphatic rings. The van der Waals surface area contributed by atoms with Gasteiger partial charge in [0.05, 0.1) is 27.6 Å². The van der Waals surface area contributed by atoms with Crippen LogP contribution < -0.4 is 11.5 Å². The van der Waals surface area contributed by atoms with E-state index in [9.17, 15) is 8.78 Å². The van der Waals surface area contributed by atoms with E-state index in [4.69, 9.17) is 23.1 Å². The molecular formula is C14H9ClF2N4. The lowest BCUT2D eigenvalue weighted by Gasteiger charge is -2.09. The van der Waals surface area contributed by atoms with E-state index in [2.05, 4.69) is 9.97 Å². The molecule has 4 N–H and O–H groups in total. The normalized spacial score (nSPS) is 11.0. The van der Waals surface area contributed by atoms with E-state index in [1.54, 1.807) is 0 Å². The molecule has 0 bridgehead atoms. The van der Waals surface area contributed by atoms with Crippen LogP contribution in [0.3, 0.4) is 0 Å². The zero-order valence-corrected chi connectivity index (χ0v) is 11.3. The zero-order chi connectivity index (χ0) is 15.1. The predicted molar refractivity (Wildman–Crippen MR) is 78.7 cm³/mol. The fourth-order valence-electron chi connectivity index (χ4n) is 2.06. The summed E-state index contributed by atoms with van der Waals surface area (Å²) < 4.78 is 27.8. The number of nitrogens with zero attached hydrogens (tertiary/aromatic N) is 2. The van der Waals surface area contributed by atoms with E-state index in [-0.39, 0.29) is 27.7 Å². The van der Waals surface area contributed by atoms with Crippen LogP contribution in [0.1, 0.15) is 0 Å². The van der Waals surface area contributed by atoms with Crippen LogP contribution in [0.2, 0.25) is 5.02 Å². The third kappa shape index (κ3) is 2.13. The first-order valence-corrected chi connectivity index (χ1v) is 6.30. The second-order valence-corrected chi connectivity index (χ2v) is 4.82. The van der Waals surface area contributed by atoms with Crippen molar-refractivity contribution in [2.75, 3.05) is 11.5 Å². The maximum Gasteiger partial charge on any atom is 0.153 e. The molecular weight excluding hydrogens is 298 g/mol. The van der Waals surface area contributed by atoms with Crippen molar-refractivity contribution in [2.45, 2.75) is 0 Å². The Bertz CT molecular complexity index is 867. The highest BCUT2D eigenvalue weighted by atomic mass is 35.5. The minimum Gasteiger partial charge on any atom is -0.397 e. The van der Waals surface area contributed by atoms with Gasteiger partial charge in [-0.3, -0.25) is 0 Å². The second-order valence-electron chi connectivity index (χ2n) is 4.44. The van der Waals surface area contributed by atoms with Gasteiger partial charge >= 0.3 is 0 Å². The summed E-state index contributed by atoms with van der Waals surface area (Å²) in [5.41, 5.74) is 11.9. The molecule has 21 heavy (non-hydrogen) atoms. The van der Waals surface area contributed by atoms with Gasteiger partial charge in [0.1, 0.15) is 12.1 Å². The molecule has 0 fully saturated rings. The van der Waals surface area contributed by atoms with E-state index in [0.29, 0.717) is 10.9 Å². The van der Waals surface area contributed by atoms with E-state index in [1.807, 2.05) is 0 Å². The zero-order valence-electron chi connectivity index (χ0n) is 10.6. The second kappa shape index (κ2) is 4.82. The summed E-state index contributed by atoms with van der Waals surface area (Å²) in [6, 6.07) is 5.47. The van der Waals surface area contributed by atoms with Crippen LogP contribution in [-0.2, 0) is 0 Å². The number of rotatable bonds is 1. The third-order valence-electron chi connectivity index (χ3n) is 3.12. The van der Waals surface area contributed by atoms with Crippen molar-refractivity contribution >= 4 is 33.9 Å². The quantitative estimate of drug-likeness (QED) is 0.675. The molecule has 0 unspecified atom stereocenters. The van der Waals surface area contributed by atoms with Gasteiger partial charge in [0, 0.05) is 17.0 Å². The Balaban J connectivity index is 2.36. The standard InChI is InChI=1S/C14H9ClF2N4/c15-12-9(18)2-1-6(13(12)17)14-7-3-10(19)8(16)4-11(7)20-5-21-14/h1-5H,18-19H2. The first-order chi connectivity index (χ1) is 9.99. The molecule has 2 aromatic carbocycles. The van der Waals surface area contributed by atoms with Gasteiger partial charge in [-0.2, -0.15) is 0 Å². The SMILES string of the molecule is Nc1cc2c(-c3ccc(N)c(Cl)c3F)ncnc2cc1F. The van der Waals surface area contributed by atoms with Crippen LogP contribution in [0, 0.1) is 11.6 Å². The van der Waals surface area contributed by atoms with Crippen LogP contribution in [0.5, 0.6) is 0 Å². The fraction of sp³-hybridized carbons (Fsp3) is 0. The van der Waals surface area contributed by atoms with Crippen molar-refractivity contribution in [3.63, 3.8) is 0 Å². The Morgan fingerprint density at radius 2 is 1.76 bits per heavy atom. The number of aromatic nitrogens is 2. The Labute approximate surface area is 123 Å². The topological polar surface area (TPSA) is 77.8 Å². The molecule has 0 aliphatic heterocycles. The average molecular weight is 307 g/mol. The van der Waals surface area contributed by atoms with Gasteiger partial charge < -0.3 is 11.5 Å². The van der Waals surface area contributed by atoms with Crippen LogP contribution in [0.4, 0.5) is 20.2 Å². The summed E-state index contributed by atoms with van der Waals surface area (Å²) in [6.07, 6.45) is 1.22. The van der Waals surface area contributed by atoms with Gasteiger partial charge in [0.2, 0.25) is 0 Å². The van der Waals surface area contributed by atoms with E-state index < -0.39 is 11.6 Å². The Hall–Kier alpha value is -2.47. The summed E-state index contributed by atoms with van der Waals surface area (Å²) in [5, 5.41) is 0.241. The molecule has 0 saturated heterocycles. The average Bonchev–Trinajstić information content (AvgIpc) is 2.46. The summed E-state index contributed by atoms with van der Waals surface area (Å²) >= 11 is 5.81. The molecule has 7 heteroatoms. The summed E-state index contributed by atoms with van der Waals surface area (Å²) in [6.45, 7) is 0. The van der Waals surface area contributed by atoms with Crippen LogP contribution in [0.25, 0.3) is 22.2 Å². The molecule has 4 nitrogen and oxygen atoms in total. The maximum atomic E-state index is 14.3. The van der Waals surface area contributed by atoms with Crippen molar-refractivity contribution in [1.29, 1.82) is 0 Å². The molecule has 0 atom stereocenters. The smallest absolute Gasteiger partial charge is 0.153 e. The molecule has 3 aromatic rings. The van der Waals surface area contributed by atoms with Crippen LogP contribution >= 0.6 is 11.6 Å². The third-order valence-corrected chi connectivity index (χ3v) is 3.51. The molecule has 1 aromatic heterocycles. The van der Waals surface area contributed by atoms with Gasteiger partial charge in [-0.1, -0.05) is 11.6 Å². The van der Waals surface area contributed by atoms with Crippen molar-refractivity contribution < 1.29 is 8.78 Å². The highest BCUT2D eigenvalue weighted by Crippen LogP contribution is 2.34. The first kappa shape index (κ1) is 13.5. The van der Waals surface area contributed by atoms with Gasteiger partial charge in [0.25, 0.3) is 0 Å². The number of nitrogens with two attached hydrogens (primary N) is 2. The largest absolute Gasteiger partial charge is 0.397 e.